The number of rotatable bonds is 3. The van der Waals surface area contributed by atoms with Gasteiger partial charge in [0.1, 0.15) is 0 Å². The molecule has 1 aromatic heterocycles. The van der Waals surface area contributed by atoms with Crippen LogP contribution in [0.1, 0.15) is 9.67 Å². The van der Waals surface area contributed by atoms with Gasteiger partial charge in [0, 0.05) is 31.9 Å². The van der Waals surface area contributed by atoms with Crippen LogP contribution in [-0.4, -0.2) is 44.2 Å². The smallest absolute Gasteiger partial charge is 0.352 e. The summed E-state index contributed by atoms with van der Waals surface area (Å²) >= 11 is 1.17. The zero-order valence-electron chi connectivity index (χ0n) is 12.4. The number of hydrogen-bond donors (Lipinski definition) is 1. The fourth-order valence-corrected chi connectivity index (χ4v) is 3.36. The van der Waals surface area contributed by atoms with Crippen LogP contribution in [0.25, 0.3) is 0 Å². The molecule has 2 N–H and O–H groups in total. The molecule has 7 heteroatoms. The molecule has 2 heterocycles. The Kier molecular flexibility index (Phi) is 4.15. The van der Waals surface area contributed by atoms with Crippen LogP contribution in [-0.2, 0) is 4.74 Å². The molecule has 6 nitrogen and oxygen atoms in total. The minimum atomic E-state index is -0.380. The molecule has 0 spiro atoms. The van der Waals surface area contributed by atoms with Crippen molar-refractivity contribution in [3.8, 4) is 0 Å². The van der Waals surface area contributed by atoms with Crippen LogP contribution in [0.5, 0.6) is 0 Å². The Balaban J connectivity index is 1.73. The molecule has 0 saturated carbocycles. The molecule has 2 aromatic rings. The van der Waals surface area contributed by atoms with Gasteiger partial charge in [-0.25, -0.2) is 9.78 Å². The lowest BCUT2D eigenvalue weighted by Crippen LogP contribution is -2.47. The molecule has 3 rings (SSSR count). The van der Waals surface area contributed by atoms with Crippen molar-refractivity contribution in [2.75, 3.05) is 48.8 Å². The lowest BCUT2D eigenvalue weighted by Gasteiger charge is -2.36. The molecule has 1 fully saturated rings. The fourth-order valence-electron chi connectivity index (χ4n) is 2.58. The highest BCUT2D eigenvalue weighted by molar-refractivity contribution is 7.17. The molecule has 0 aliphatic carbocycles. The summed E-state index contributed by atoms with van der Waals surface area (Å²) in [5, 5.41) is 0.390. The van der Waals surface area contributed by atoms with Gasteiger partial charge in [-0.2, -0.15) is 0 Å². The molecule has 0 bridgehead atoms. The number of piperazine rings is 1. The second kappa shape index (κ2) is 6.23. The quantitative estimate of drug-likeness (QED) is 0.871. The number of nitrogens with two attached hydrogens (primary N) is 1. The standard InChI is InChI=1S/C15H18N4O2S/c1-21-14(20)12-13(17-15(16)22-12)19-9-7-18(8-10-19)11-5-3-2-4-6-11/h2-6H,7-10H2,1H3,(H2,16,17). The molecule has 0 atom stereocenters. The number of thiazole rings is 1. The molecular formula is C15H18N4O2S. The van der Waals surface area contributed by atoms with Crippen molar-refractivity contribution in [3.63, 3.8) is 0 Å². The van der Waals surface area contributed by atoms with Gasteiger partial charge in [-0.15, -0.1) is 0 Å². The average molecular weight is 318 g/mol. The summed E-state index contributed by atoms with van der Waals surface area (Å²) in [4.78, 5) is 21.0. The third-order valence-electron chi connectivity index (χ3n) is 3.70. The predicted molar refractivity (Wildman–Crippen MR) is 88.7 cm³/mol. The molecule has 1 saturated heterocycles. The summed E-state index contributed by atoms with van der Waals surface area (Å²) in [5.74, 6) is 0.261. The number of ether oxygens (including phenoxy) is 1. The number of carbonyl (C=O) groups is 1. The number of esters is 1. The topological polar surface area (TPSA) is 71.7 Å². The van der Waals surface area contributed by atoms with Gasteiger partial charge in [0.05, 0.1) is 7.11 Å². The minimum Gasteiger partial charge on any atom is -0.465 e. The van der Waals surface area contributed by atoms with Crippen LogP contribution >= 0.6 is 11.3 Å². The third kappa shape index (κ3) is 2.85. The summed E-state index contributed by atoms with van der Waals surface area (Å²) in [6.07, 6.45) is 0. The van der Waals surface area contributed by atoms with Gasteiger partial charge in [-0.3, -0.25) is 0 Å². The van der Waals surface area contributed by atoms with Gasteiger partial charge >= 0.3 is 5.97 Å². The van der Waals surface area contributed by atoms with E-state index in [2.05, 4.69) is 26.9 Å². The van der Waals surface area contributed by atoms with Crippen molar-refractivity contribution in [1.82, 2.24) is 4.98 Å². The van der Waals surface area contributed by atoms with Gasteiger partial charge in [0.2, 0.25) is 0 Å². The first-order valence-corrected chi connectivity index (χ1v) is 7.90. The van der Waals surface area contributed by atoms with Gasteiger partial charge in [0.15, 0.2) is 15.8 Å². The Morgan fingerprint density at radius 1 is 1.18 bits per heavy atom. The first-order valence-electron chi connectivity index (χ1n) is 7.08. The van der Waals surface area contributed by atoms with Crippen molar-refractivity contribution in [2.24, 2.45) is 0 Å². The highest BCUT2D eigenvalue weighted by Crippen LogP contribution is 2.30. The lowest BCUT2D eigenvalue weighted by atomic mass is 10.2. The molecule has 22 heavy (non-hydrogen) atoms. The van der Waals surface area contributed by atoms with E-state index in [1.165, 1.54) is 24.1 Å². The molecule has 0 unspecified atom stereocenters. The van der Waals surface area contributed by atoms with Crippen molar-refractivity contribution >= 4 is 33.9 Å². The molecule has 0 radical (unpaired) electrons. The highest BCUT2D eigenvalue weighted by Gasteiger charge is 2.25. The van der Waals surface area contributed by atoms with E-state index >= 15 is 0 Å². The van der Waals surface area contributed by atoms with E-state index in [0.29, 0.717) is 15.8 Å². The van der Waals surface area contributed by atoms with E-state index in [4.69, 9.17) is 10.5 Å². The Labute approximate surface area is 133 Å². The van der Waals surface area contributed by atoms with Crippen LogP contribution in [0, 0.1) is 0 Å². The second-order valence-corrected chi connectivity index (χ2v) is 6.04. The third-order valence-corrected chi connectivity index (χ3v) is 4.55. The fraction of sp³-hybridized carbons (Fsp3) is 0.333. The van der Waals surface area contributed by atoms with Crippen LogP contribution in [0.15, 0.2) is 30.3 Å². The number of hydrogen-bond acceptors (Lipinski definition) is 7. The lowest BCUT2D eigenvalue weighted by molar-refractivity contribution is 0.0606. The molecule has 1 aromatic carbocycles. The van der Waals surface area contributed by atoms with Gasteiger partial charge in [0.25, 0.3) is 0 Å². The Morgan fingerprint density at radius 3 is 2.45 bits per heavy atom. The number of methoxy groups -OCH3 is 1. The first kappa shape index (κ1) is 14.6. The molecule has 116 valence electrons. The summed E-state index contributed by atoms with van der Waals surface area (Å²) in [6.45, 7) is 3.34. The maximum Gasteiger partial charge on any atom is 0.352 e. The van der Waals surface area contributed by atoms with E-state index in [-0.39, 0.29) is 5.97 Å². The van der Waals surface area contributed by atoms with Gasteiger partial charge in [-0.1, -0.05) is 29.5 Å². The summed E-state index contributed by atoms with van der Waals surface area (Å²) in [7, 11) is 1.37. The van der Waals surface area contributed by atoms with E-state index in [0.717, 1.165) is 26.2 Å². The summed E-state index contributed by atoms with van der Waals surface area (Å²) < 4.78 is 4.81. The SMILES string of the molecule is COC(=O)c1sc(N)nc1N1CCN(c2ccccc2)CC1. The number of nitrogens with zero attached hydrogens (tertiary/aromatic N) is 3. The maximum absolute atomic E-state index is 11.8. The van der Waals surface area contributed by atoms with Crippen LogP contribution < -0.4 is 15.5 Å². The zero-order chi connectivity index (χ0) is 15.5. The number of aromatic nitrogens is 1. The number of nitrogen functional groups attached to an aromatic ring is 1. The van der Waals surface area contributed by atoms with E-state index in [9.17, 15) is 4.79 Å². The number of para-hydroxylation sites is 1. The van der Waals surface area contributed by atoms with Crippen molar-refractivity contribution in [3.05, 3.63) is 35.2 Å². The van der Waals surface area contributed by atoms with Crippen LogP contribution in [0.4, 0.5) is 16.6 Å². The largest absolute Gasteiger partial charge is 0.465 e. The number of carbonyl (C=O) groups excluding carboxylic acids is 1. The molecular weight excluding hydrogens is 300 g/mol. The first-order chi connectivity index (χ1) is 10.7. The summed E-state index contributed by atoms with van der Waals surface area (Å²) in [6, 6.07) is 10.3. The Bertz CT molecular complexity index is 651. The van der Waals surface area contributed by atoms with E-state index < -0.39 is 0 Å². The van der Waals surface area contributed by atoms with Crippen molar-refractivity contribution in [1.29, 1.82) is 0 Å². The minimum absolute atomic E-state index is 0.380. The summed E-state index contributed by atoms with van der Waals surface area (Å²) in [5.41, 5.74) is 6.98. The maximum atomic E-state index is 11.8. The number of anilines is 3. The predicted octanol–water partition coefficient (Wildman–Crippen LogP) is 1.84. The van der Waals surface area contributed by atoms with Crippen molar-refractivity contribution < 1.29 is 9.53 Å². The van der Waals surface area contributed by atoms with Crippen molar-refractivity contribution in [2.45, 2.75) is 0 Å². The van der Waals surface area contributed by atoms with Gasteiger partial charge in [-0.05, 0) is 12.1 Å². The Hall–Kier alpha value is -2.28. The van der Waals surface area contributed by atoms with Gasteiger partial charge < -0.3 is 20.3 Å². The highest BCUT2D eigenvalue weighted by atomic mass is 32.1. The molecule has 1 aliphatic heterocycles. The monoisotopic (exact) mass is 318 g/mol. The van der Waals surface area contributed by atoms with Crippen LogP contribution in [0.3, 0.4) is 0 Å². The second-order valence-electron chi connectivity index (χ2n) is 5.01. The molecule has 0 amide bonds. The molecule has 1 aliphatic rings. The van der Waals surface area contributed by atoms with E-state index in [1.54, 1.807) is 0 Å². The van der Waals surface area contributed by atoms with Crippen LogP contribution in [0.2, 0.25) is 0 Å². The zero-order valence-corrected chi connectivity index (χ0v) is 13.2. The number of benzene rings is 1. The normalized spacial score (nSPS) is 15.0. The Morgan fingerprint density at radius 2 is 1.82 bits per heavy atom. The van der Waals surface area contributed by atoms with E-state index in [1.807, 2.05) is 18.2 Å². The average Bonchev–Trinajstić information content (AvgIpc) is 2.97.